The first kappa shape index (κ1) is 15.1. The Hall–Kier alpha value is -1.34. The number of hydrogen-bond donors (Lipinski definition) is 2. The molecule has 0 aliphatic carbocycles. The van der Waals surface area contributed by atoms with E-state index < -0.39 is 16.6 Å². The second-order valence-corrected chi connectivity index (χ2v) is 6.27. The van der Waals surface area contributed by atoms with Crippen LogP contribution in [0.15, 0.2) is 41.6 Å². The maximum Gasteiger partial charge on any atom is 0.263 e. The van der Waals surface area contributed by atoms with E-state index in [9.17, 15) is 13.5 Å². The average molecular weight is 333 g/mol. The molecule has 8 heteroatoms. The molecule has 5 nitrogen and oxygen atoms in total. The molecule has 0 unspecified atom stereocenters. The van der Waals surface area contributed by atoms with Crippen molar-refractivity contribution >= 4 is 38.9 Å². The van der Waals surface area contributed by atoms with Gasteiger partial charge < -0.3 is 5.11 Å². The van der Waals surface area contributed by atoms with Crippen molar-refractivity contribution in [3.63, 3.8) is 0 Å². The Morgan fingerprint density at radius 3 is 2.40 bits per heavy atom. The number of aliphatic hydroxyl groups is 1. The molecule has 2 N–H and O–H groups in total. The quantitative estimate of drug-likeness (QED) is 0.902. The van der Waals surface area contributed by atoms with E-state index in [0.717, 1.165) is 0 Å². The number of halogens is 2. The monoisotopic (exact) mass is 332 g/mol. The topological polar surface area (TPSA) is 79.3 Å². The van der Waals surface area contributed by atoms with Gasteiger partial charge in [-0.1, -0.05) is 23.2 Å². The first-order valence-electron chi connectivity index (χ1n) is 5.46. The van der Waals surface area contributed by atoms with Crippen LogP contribution < -0.4 is 4.72 Å². The SMILES string of the molecule is O=S(=O)(Nc1ccncc1)c1ccc(Cl)c(CO)c1Cl. The molecule has 0 bridgehead atoms. The van der Waals surface area contributed by atoms with Crippen molar-refractivity contribution in [2.24, 2.45) is 0 Å². The molecule has 0 aliphatic heterocycles. The Bertz CT molecular complexity index is 721. The molecule has 0 radical (unpaired) electrons. The molecule has 2 rings (SSSR count). The summed E-state index contributed by atoms with van der Waals surface area (Å²) in [4.78, 5) is 3.64. The minimum absolute atomic E-state index is 0.0958. The molecule has 0 fully saturated rings. The summed E-state index contributed by atoms with van der Waals surface area (Å²) in [6.45, 7) is -0.448. The van der Waals surface area contributed by atoms with Crippen LogP contribution in [-0.4, -0.2) is 18.5 Å². The van der Waals surface area contributed by atoms with Crippen molar-refractivity contribution in [2.75, 3.05) is 4.72 Å². The second-order valence-electron chi connectivity index (χ2n) is 3.84. The van der Waals surface area contributed by atoms with E-state index in [2.05, 4.69) is 9.71 Å². The van der Waals surface area contributed by atoms with Gasteiger partial charge in [-0.2, -0.15) is 0 Å². The summed E-state index contributed by atoms with van der Waals surface area (Å²) >= 11 is 11.8. The minimum Gasteiger partial charge on any atom is -0.392 e. The van der Waals surface area contributed by atoms with Crippen LogP contribution in [0.25, 0.3) is 0 Å². The average Bonchev–Trinajstić information content (AvgIpc) is 2.39. The molecule has 0 spiro atoms. The van der Waals surface area contributed by atoms with Gasteiger partial charge in [-0.05, 0) is 24.3 Å². The Labute approximate surface area is 126 Å². The summed E-state index contributed by atoms with van der Waals surface area (Å²) in [5.41, 5.74) is 0.530. The Morgan fingerprint density at radius 2 is 1.80 bits per heavy atom. The number of nitrogens with zero attached hydrogens (tertiary/aromatic N) is 1. The highest BCUT2D eigenvalue weighted by molar-refractivity contribution is 7.92. The molecule has 1 aromatic heterocycles. The molecular formula is C12H10Cl2N2O3S. The number of benzene rings is 1. The first-order chi connectivity index (χ1) is 9.45. The third kappa shape index (κ3) is 3.04. The summed E-state index contributed by atoms with van der Waals surface area (Å²) in [5, 5.41) is 9.30. The predicted molar refractivity (Wildman–Crippen MR) is 77.4 cm³/mol. The van der Waals surface area contributed by atoms with Gasteiger partial charge in [0.25, 0.3) is 10.0 Å². The standard InChI is InChI=1S/C12H10Cl2N2O3S/c13-10-1-2-11(12(14)9(10)7-17)20(18,19)16-8-3-5-15-6-4-8/h1-6,17H,7H2,(H,15,16). The van der Waals surface area contributed by atoms with Crippen molar-refractivity contribution < 1.29 is 13.5 Å². The highest BCUT2D eigenvalue weighted by Gasteiger charge is 2.21. The van der Waals surface area contributed by atoms with Crippen LogP contribution in [0.3, 0.4) is 0 Å². The van der Waals surface area contributed by atoms with Crippen LogP contribution >= 0.6 is 23.2 Å². The summed E-state index contributed by atoms with van der Waals surface area (Å²) in [7, 11) is -3.87. The number of nitrogens with one attached hydrogen (secondary N) is 1. The Kier molecular flexibility index (Phi) is 4.49. The fourth-order valence-electron chi connectivity index (χ4n) is 1.56. The normalized spacial score (nSPS) is 11.3. The largest absolute Gasteiger partial charge is 0.392 e. The molecule has 1 aromatic carbocycles. The maximum atomic E-state index is 12.3. The first-order valence-corrected chi connectivity index (χ1v) is 7.70. The van der Waals surface area contributed by atoms with Gasteiger partial charge in [0, 0.05) is 23.0 Å². The van der Waals surface area contributed by atoms with Gasteiger partial charge in [0.1, 0.15) is 4.90 Å². The molecule has 2 aromatic rings. The number of pyridine rings is 1. The van der Waals surface area contributed by atoms with E-state index in [0.29, 0.717) is 5.69 Å². The lowest BCUT2D eigenvalue weighted by Gasteiger charge is -2.12. The van der Waals surface area contributed by atoms with Crippen LogP contribution in [0.1, 0.15) is 5.56 Å². The molecule has 106 valence electrons. The highest BCUT2D eigenvalue weighted by Crippen LogP contribution is 2.31. The van der Waals surface area contributed by atoms with Gasteiger partial charge in [0.15, 0.2) is 0 Å². The molecule has 1 heterocycles. The minimum atomic E-state index is -3.87. The van der Waals surface area contributed by atoms with E-state index in [4.69, 9.17) is 23.2 Å². The van der Waals surface area contributed by atoms with Gasteiger partial charge in [0.2, 0.25) is 0 Å². The number of aliphatic hydroxyl groups excluding tert-OH is 1. The molecule has 0 aliphatic rings. The summed E-state index contributed by atoms with van der Waals surface area (Å²) < 4.78 is 26.9. The molecule has 0 saturated heterocycles. The zero-order valence-corrected chi connectivity index (χ0v) is 12.4. The van der Waals surface area contributed by atoms with Crippen molar-refractivity contribution in [3.8, 4) is 0 Å². The lowest BCUT2D eigenvalue weighted by atomic mass is 10.2. The van der Waals surface area contributed by atoms with Gasteiger partial charge in [0.05, 0.1) is 17.3 Å². The lowest BCUT2D eigenvalue weighted by Crippen LogP contribution is -2.14. The smallest absolute Gasteiger partial charge is 0.263 e. The van der Waals surface area contributed by atoms with Gasteiger partial charge in [-0.15, -0.1) is 0 Å². The summed E-state index contributed by atoms with van der Waals surface area (Å²) in [5.74, 6) is 0. The lowest BCUT2D eigenvalue weighted by molar-refractivity contribution is 0.282. The van der Waals surface area contributed by atoms with Crippen molar-refractivity contribution in [1.82, 2.24) is 4.98 Å². The number of hydrogen-bond acceptors (Lipinski definition) is 4. The van der Waals surface area contributed by atoms with E-state index in [1.165, 1.54) is 36.7 Å². The second kappa shape index (κ2) is 5.97. The number of sulfonamides is 1. The van der Waals surface area contributed by atoms with E-state index >= 15 is 0 Å². The van der Waals surface area contributed by atoms with Crippen LogP contribution in [0.2, 0.25) is 10.0 Å². The fraction of sp³-hybridized carbons (Fsp3) is 0.0833. The molecule has 0 atom stereocenters. The van der Waals surface area contributed by atoms with Crippen LogP contribution in [-0.2, 0) is 16.6 Å². The van der Waals surface area contributed by atoms with Crippen LogP contribution in [0.5, 0.6) is 0 Å². The molecular weight excluding hydrogens is 323 g/mol. The van der Waals surface area contributed by atoms with E-state index in [-0.39, 0.29) is 20.5 Å². The van der Waals surface area contributed by atoms with Crippen molar-refractivity contribution in [1.29, 1.82) is 0 Å². The predicted octanol–water partition coefficient (Wildman–Crippen LogP) is 2.68. The number of aromatic nitrogens is 1. The van der Waals surface area contributed by atoms with Crippen molar-refractivity contribution in [2.45, 2.75) is 11.5 Å². The third-order valence-corrected chi connectivity index (χ3v) is 4.85. The number of anilines is 1. The van der Waals surface area contributed by atoms with Crippen LogP contribution in [0, 0.1) is 0 Å². The Balaban J connectivity index is 2.45. The third-order valence-electron chi connectivity index (χ3n) is 2.53. The van der Waals surface area contributed by atoms with Gasteiger partial charge >= 0.3 is 0 Å². The molecule has 0 amide bonds. The summed E-state index contributed by atoms with van der Waals surface area (Å²) in [6.07, 6.45) is 2.92. The van der Waals surface area contributed by atoms with Crippen molar-refractivity contribution in [3.05, 3.63) is 52.3 Å². The fourth-order valence-corrected chi connectivity index (χ4v) is 3.52. The van der Waals surface area contributed by atoms with E-state index in [1.807, 2.05) is 0 Å². The van der Waals surface area contributed by atoms with Gasteiger partial charge in [-0.3, -0.25) is 9.71 Å². The zero-order chi connectivity index (χ0) is 14.8. The van der Waals surface area contributed by atoms with Gasteiger partial charge in [-0.25, -0.2) is 8.42 Å². The highest BCUT2D eigenvalue weighted by atomic mass is 35.5. The van der Waals surface area contributed by atoms with Crippen LogP contribution in [0.4, 0.5) is 5.69 Å². The Morgan fingerprint density at radius 1 is 1.15 bits per heavy atom. The van der Waals surface area contributed by atoms with E-state index in [1.54, 1.807) is 0 Å². The zero-order valence-electron chi connectivity index (χ0n) is 10.0. The summed E-state index contributed by atoms with van der Waals surface area (Å²) in [6, 6.07) is 5.68. The molecule has 0 saturated carbocycles. The maximum absolute atomic E-state index is 12.3. The number of rotatable bonds is 4. The molecule has 20 heavy (non-hydrogen) atoms.